The van der Waals surface area contributed by atoms with Gasteiger partial charge in [-0.15, -0.1) is 12.1 Å². The number of carboxylic acids is 1. The Morgan fingerprint density at radius 1 is 1.02 bits per heavy atom. The van der Waals surface area contributed by atoms with Gasteiger partial charge in [0.1, 0.15) is 0 Å². The third-order valence-corrected chi connectivity index (χ3v) is 8.60. The minimum Gasteiger partial charge on any atom is -0.476 e. The summed E-state index contributed by atoms with van der Waals surface area (Å²) in [5.74, 6) is -1.12. The number of rotatable bonds is 11. The number of benzene rings is 4. The quantitative estimate of drug-likeness (QED) is 0.103. The number of halogens is 2. The molecule has 6 nitrogen and oxygen atoms in total. The van der Waals surface area contributed by atoms with Crippen molar-refractivity contribution in [2.45, 2.75) is 37.9 Å². The molecule has 1 aliphatic heterocycles. The van der Waals surface area contributed by atoms with Gasteiger partial charge in [-0.25, -0.2) is 9.37 Å². The maximum Gasteiger partial charge on any atom is 0.372 e. The number of para-hydroxylation sites is 1. The number of amides is 1. The molecule has 5 rings (SSSR count). The second-order valence-corrected chi connectivity index (χ2v) is 12.0. The van der Waals surface area contributed by atoms with Crippen molar-refractivity contribution in [1.82, 2.24) is 4.90 Å². The summed E-state index contributed by atoms with van der Waals surface area (Å²) in [5.41, 5.74) is 3.91. The first-order valence-corrected chi connectivity index (χ1v) is 15.4. The van der Waals surface area contributed by atoms with E-state index < -0.39 is 12.0 Å². The van der Waals surface area contributed by atoms with Crippen LogP contribution in [0.5, 0.6) is 0 Å². The molecule has 0 radical (unpaired) electrons. The highest BCUT2D eigenvalue weighted by molar-refractivity contribution is 9.10. The van der Waals surface area contributed by atoms with E-state index in [2.05, 4.69) is 45.0 Å². The standard InChI is InChI=1S/C35H33BrClN3O3/c1-39(32(35(42)43)21-26-18-19-27(36)22-29(26)37)33(25-13-6-3-7-14-25)28-15-8-9-16-30(28)38-34(41)31-17-10-20-40(31)23-24-11-4-2-5-12-24/h2-9,11-16,18-19,22,31-32H,1,10,17,20-21,23H2,(H,38,41)(H,42,43)/t31-,32-/m1/s1. The summed E-state index contributed by atoms with van der Waals surface area (Å²) in [5, 5.41) is 14.0. The van der Waals surface area contributed by atoms with Crippen molar-refractivity contribution in [2.24, 2.45) is 0 Å². The summed E-state index contributed by atoms with van der Waals surface area (Å²) >= 11 is 9.90. The molecule has 4 aromatic rings. The van der Waals surface area contributed by atoms with Crippen LogP contribution in [0.25, 0.3) is 0 Å². The molecule has 0 spiro atoms. The Hall–Kier alpha value is -3.91. The van der Waals surface area contributed by atoms with Gasteiger partial charge in [0.25, 0.3) is 0 Å². The fourth-order valence-corrected chi connectivity index (χ4v) is 6.35. The zero-order valence-electron chi connectivity index (χ0n) is 23.6. The summed E-state index contributed by atoms with van der Waals surface area (Å²) in [7, 11) is 0. The molecule has 220 valence electrons. The van der Waals surface area contributed by atoms with E-state index >= 15 is 0 Å². The average Bonchev–Trinajstić information content (AvgIpc) is 3.47. The summed E-state index contributed by atoms with van der Waals surface area (Å²) in [6.45, 7) is 5.81. The van der Waals surface area contributed by atoms with Gasteiger partial charge < -0.3 is 10.4 Å². The van der Waals surface area contributed by atoms with Crippen molar-refractivity contribution < 1.29 is 19.3 Å². The maximum absolute atomic E-state index is 13.7. The number of carbonyl (C=O) groups excluding carboxylic acids is 1. The molecule has 8 heteroatoms. The fourth-order valence-electron chi connectivity index (χ4n) is 5.60. The van der Waals surface area contributed by atoms with Crippen LogP contribution >= 0.6 is 27.5 Å². The lowest BCUT2D eigenvalue weighted by Crippen LogP contribution is -2.40. The number of hydrogen-bond acceptors (Lipinski definition) is 3. The third-order valence-electron chi connectivity index (χ3n) is 7.76. The molecule has 0 aliphatic carbocycles. The van der Waals surface area contributed by atoms with Crippen LogP contribution < -0.4 is 5.32 Å². The van der Waals surface area contributed by atoms with Crippen LogP contribution in [0.4, 0.5) is 5.69 Å². The third kappa shape index (κ3) is 7.36. The van der Waals surface area contributed by atoms with Crippen LogP contribution in [-0.4, -0.2) is 51.8 Å². The first kappa shape index (κ1) is 30.5. The number of nitrogens with zero attached hydrogens (tertiary/aromatic N) is 2. The van der Waals surface area contributed by atoms with Gasteiger partial charge in [0.05, 0.1) is 12.8 Å². The zero-order valence-corrected chi connectivity index (χ0v) is 26.0. The predicted octanol–water partition coefficient (Wildman–Crippen LogP) is 7.04. The number of aliphatic carboxylic acids is 1. The van der Waals surface area contributed by atoms with Crippen molar-refractivity contribution in [2.75, 3.05) is 11.9 Å². The van der Waals surface area contributed by atoms with E-state index in [0.29, 0.717) is 34.4 Å². The molecule has 0 bridgehead atoms. The van der Waals surface area contributed by atoms with Crippen molar-refractivity contribution in [3.05, 3.63) is 141 Å². The van der Waals surface area contributed by atoms with Crippen LogP contribution in [0.1, 0.15) is 35.1 Å². The van der Waals surface area contributed by atoms with Gasteiger partial charge in [0, 0.05) is 28.1 Å². The minimum atomic E-state index is -1.04. The molecule has 2 N–H and O–H groups in total. The molecule has 43 heavy (non-hydrogen) atoms. The maximum atomic E-state index is 13.7. The highest BCUT2D eigenvalue weighted by Crippen LogP contribution is 2.33. The second kappa shape index (κ2) is 14.0. The van der Waals surface area contributed by atoms with Gasteiger partial charge in [0.2, 0.25) is 11.9 Å². The highest BCUT2D eigenvalue weighted by atomic mass is 79.9. The molecule has 0 aromatic heterocycles. The van der Waals surface area contributed by atoms with Gasteiger partial charge in [-0.3, -0.25) is 9.69 Å². The molecule has 4 aromatic carbocycles. The molecular formula is C35H33BrClN3O3. The van der Waals surface area contributed by atoms with Crippen molar-refractivity contribution in [3.63, 3.8) is 0 Å². The number of anilines is 1. The minimum absolute atomic E-state index is 0.0830. The lowest BCUT2D eigenvalue weighted by atomic mass is 9.94. The molecule has 1 heterocycles. The molecule has 1 fully saturated rings. The van der Waals surface area contributed by atoms with E-state index in [1.54, 1.807) is 6.07 Å². The Bertz CT molecular complexity index is 1600. The largest absolute Gasteiger partial charge is 0.476 e. The topological polar surface area (TPSA) is 72.7 Å². The Balaban J connectivity index is 1.45. The first-order chi connectivity index (χ1) is 20.8. The van der Waals surface area contributed by atoms with Crippen LogP contribution in [0.3, 0.4) is 0 Å². The summed E-state index contributed by atoms with van der Waals surface area (Å²) < 4.78 is 2.34. The van der Waals surface area contributed by atoms with E-state index in [4.69, 9.17) is 11.6 Å². The number of carbonyl (C=O) groups is 2. The summed E-state index contributed by atoms with van der Waals surface area (Å²) in [4.78, 5) is 28.6. The van der Waals surface area contributed by atoms with Gasteiger partial charge >= 0.3 is 5.97 Å². The van der Waals surface area contributed by atoms with Gasteiger partial charge in [-0.1, -0.05) is 106 Å². The second-order valence-electron chi connectivity index (χ2n) is 10.6. The van der Waals surface area contributed by atoms with Gasteiger partial charge in [-0.2, -0.15) is 0 Å². The highest BCUT2D eigenvalue weighted by Gasteiger charge is 2.36. The van der Waals surface area contributed by atoms with Gasteiger partial charge in [-0.05, 0) is 53.8 Å². The predicted molar refractivity (Wildman–Crippen MR) is 174 cm³/mol. The molecular weight excluding hydrogens is 626 g/mol. The monoisotopic (exact) mass is 657 g/mol. The zero-order chi connectivity index (χ0) is 30.3. The molecule has 0 saturated carbocycles. The average molecular weight is 659 g/mol. The lowest BCUT2D eigenvalue weighted by molar-refractivity contribution is -0.521. The number of nitrogens with one attached hydrogen (secondary N) is 1. The molecule has 1 amide bonds. The molecule has 2 atom stereocenters. The SMILES string of the molecule is C=[N+]([C-](c1ccccc1)c1ccccc1NC(=O)[C@H]1CCCN1Cc1ccccc1)[C@H](Cc1ccc(Br)cc1Cl)C(=O)O. The van der Waals surface area contributed by atoms with E-state index in [-0.39, 0.29) is 18.4 Å². The van der Waals surface area contributed by atoms with Crippen molar-refractivity contribution in [3.8, 4) is 0 Å². The molecule has 1 aliphatic rings. The summed E-state index contributed by atoms with van der Waals surface area (Å²) in [6, 6.07) is 31.8. The normalized spacial score (nSPS) is 15.5. The van der Waals surface area contributed by atoms with Crippen molar-refractivity contribution >= 4 is 51.8 Å². The Morgan fingerprint density at radius 3 is 2.40 bits per heavy atom. The van der Waals surface area contributed by atoms with E-state index in [0.717, 1.165) is 29.4 Å². The van der Waals surface area contributed by atoms with Crippen LogP contribution in [-0.2, 0) is 22.6 Å². The van der Waals surface area contributed by atoms with E-state index in [1.807, 2.05) is 84.9 Å². The van der Waals surface area contributed by atoms with E-state index in [9.17, 15) is 14.7 Å². The van der Waals surface area contributed by atoms with Crippen LogP contribution in [0.15, 0.2) is 108 Å². The number of carboxylic acid groups (broad SMARTS) is 1. The van der Waals surface area contributed by atoms with Crippen LogP contribution in [0.2, 0.25) is 5.02 Å². The fraction of sp³-hybridized carbons (Fsp3) is 0.200. The van der Waals surface area contributed by atoms with Gasteiger partial charge in [0.15, 0.2) is 6.04 Å². The number of likely N-dealkylation sites (tertiary alicyclic amines) is 1. The number of hydrogen-bond donors (Lipinski definition) is 2. The Morgan fingerprint density at radius 2 is 1.70 bits per heavy atom. The van der Waals surface area contributed by atoms with Crippen molar-refractivity contribution in [1.29, 1.82) is 0 Å². The lowest BCUT2D eigenvalue weighted by Gasteiger charge is -2.28. The Labute approximate surface area is 265 Å². The smallest absolute Gasteiger partial charge is 0.372 e. The van der Waals surface area contributed by atoms with E-state index in [1.165, 1.54) is 10.1 Å². The van der Waals surface area contributed by atoms with Crippen LogP contribution in [0, 0.1) is 6.04 Å². The molecule has 0 unspecified atom stereocenters. The Kier molecular flexibility index (Phi) is 9.97. The molecule has 1 saturated heterocycles. The summed E-state index contributed by atoms with van der Waals surface area (Å²) in [6.07, 6.45) is 1.85. The first-order valence-electron chi connectivity index (χ1n) is 14.2.